The Morgan fingerprint density at radius 2 is 1.70 bits per heavy atom. The monoisotopic (exact) mass is 979 g/mol. The SMILES string of the molecule is COc1ccc(OC)c(C(=O)O[C@H]2[C@@H]3[C@]4(OC(C)=O)CO[C@@H]4CC(O)[C@@]3(C)C(=O)[C@H](OC(=O)CCSSC)C3=C(C)[C@@H](OC(=O)[C@H](O)[C@H](C=C(C)C)NC(=O)OC(C)(C)C)C[C@]2(O)C3(C)C)c1. The summed E-state index contributed by atoms with van der Waals surface area (Å²) in [5.74, 6) is -5.91. The van der Waals surface area contributed by atoms with E-state index in [-0.39, 0.29) is 47.7 Å². The highest BCUT2D eigenvalue weighted by Gasteiger charge is 2.78. The van der Waals surface area contributed by atoms with Gasteiger partial charge in [0.05, 0.1) is 50.7 Å². The molecule has 11 atom stereocenters. The predicted molar refractivity (Wildman–Crippen MR) is 245 cm³/mol. The van der Waals surface area contributed by atoms with Crippen LogP contribution in [0.2, 0.25) is 0 Å². The second kappa shape index (κ2) is 20.3. The number of Topliss-reactive ketones (excluding diaryl/α,β-unsaturated/α-hetero) is 1. The molecule has 5 rings (SSSR count). The Morgan fingerprint density at radius 1 is 1.03 bits per heavy atom. The lowest BCUT2D eigenvalue weighted by Crippen LogP contribution is -2.82. The molecule has 0 radical (unpaired) electrons. The first-order valence-corrected chi connectivity index (χ1v) is 24.6. The summed E-state index contributed by atoms with van der Waals surface area (Å²) in [4.78, 5) is 84.9. The van der Waals surface area contributed by atoms with Crippen molar-refractivity contribution < 1.29 is 82.0 Å². The van der Waals surface area contributed by atoms with Crippen molar-refractivity contribution in [3.63, 3.8) is 0 Å². The van der Waals surface area contributed by atoms with Crippen molar-refractivity contribution in [2.75, 3.05) is 32.8 Å². The van der Waals surface area contributed by atoms with Gasteiger partial charge in [-0.05, 0) is 84.1 Å². The van der Waals surface area contributed by atoms with E-state index in [1.807, 2.05) is 6.26 Å². The van der Waals surface area contributed by atoms with Crippen molar-refractivity contribution in [1.29, 1.82) is 0 Å². The molecule has 18 nitrogen and oxygen atoms in total. The molecule has 2 bridgehead atoms. The number of alkyl carbamates (subject to hydrolysis) is 1. The van der Waals surface area contributed by atoms with Gasteiger partial charge in [-0.2, -0.15) is 0 Å². The van der Waals surface area contributed by atoms with Gasteiger partial charge >= 0.3 is 30.0 Å². The Labute approximate surface area is 398 Å². The summed E-state index contributed by atoms with van der Waals surface area (Å²) in [6, 6.07) is 2.97. The number of methoxy groups -OCH3 is 2. The van der Waals surface area contributed by atoms with E-state index in [0.717, 1.165) is 6.92 Å². The molecule has 1 heterocycles. The molecule has 1 saturated heterocycles. The number of carbonyl (C=O) groups excluding carboxylic acids is 6. The quantitative estimate of drug-likeness (QED) is 0.0605. The van der Waals surface area contributed by atoms with E-state index in [0.29, 0.717) is 11.3 Å². The third-order valence-corrected chi connectivity index (χ3v) is 15.1. The maximum absolute atomic E-state index is 15.9. The number of hydrogen-bond donors (Lipinski definition) is 4. The second-order valence-corrected chi connectivity index (χ2v) is 22.0. The second-order valence-electron chi connectivity index (χ2n) is 19.4. The lowest BCUT2D eigenvalue weighted by Gasteiger charge is -2.67. The van der Waals surface area contributed by atoms with E-state index in [4.69, 9.17) is 37.9 Å². The van der Waals surface area contributed by atoms with E-state index >= 15 is 4.79 Å². The standard InChI is InChI=1S/C47H65NO17S2/c1-23(2)18-28(48-42(56)65-43(5,6)7)35(52)41(55)61-30-21-47(57)39(63-40(54)27-19-26(58-11)14-15-29(27)59-12)37-45(10,31(50)20-32-46(37,22-60-32)64-25(4)49)38(53)36(34(24(30)3)44(47,8)9)62-33(51)16-17-67-66-13/h14-15,18-19,28,30-32,35-37,39,50,52,57H,16-17,20-22H2,1-13H3,(H,48,56)/t28-,30-,31?,32+,35+,36+,37-,39-,45+,46-,47+/m0/s1. The van der Waals surface area contributed by atoms with Crippen LogP contribution in [0.1, 0.15) is 98.9 Å². The van der Waals surface area contributed by atoms with Gasteiger partial charge in [0.25, 0.3) is 0 Å². The van der Waals surface area contributed by atoms with Crippen LogP contribution < -0.4 is 14.8 Å². The number of hydrogen-bond acceptors (Lipinski definition) is 19. The van der Waals surface area contributed by atoms with Gasteiger partial charge in [0, 0.05) is 30.9 Å². The molecular formula is C47H65NO17S2. The van der Waals surface area contributed by atoms with Crippen molar-refractivity contribution in [2.24, 2.45) is 16.7 Å². The normalized spacial score (nSPS) is 30.5. The third-order valence-electron chi connectivity index (χ3n) is 13.3. The smallest absolute Gasteiger partial charge is 0.408 e. The molecule has 2 saturated carbocycles. The maximum Gasteiger partial charge on any atom is 0.408 e. The van der Waals surface area contributed by atoms with Crippen LogP contribution in [0.25, 0.3) is 0 Å². The van der Waals surface area contributed by atoms with Crippen molar-refractivity contribution in [3.05, 3.63) is 46.6 Å². The Morgan fingerprint density at radius 3 is 2.25 bits per heavy atom. The van der Waals surface area contributed by atoms with Crippen LogP contribution in [0.4, 0.5) is 4.79 Å². The Kier molecular flexibility index (Phi) is 16.3. The molecule has 0 aromatic heterocycles. The molecule has 1 aromatic rings. The number of amides is 1. The van der Waals surface area contributed by atoms with Gasteiger partial charge in [-0.25, -0.2) is 14.4 Å². The number of esters is 4. The number of aliphatic hydroxyl groups is 3. The van der Waals surface area contributed by atoms with Crippen LogP contribution in [0.15, 0.2) is 41.0 Å². The zero-order valence-corrected chi connectivity index (χ0v) is 42.0. The molecule has 67 heavy (non-hydrogen) atoms. The van der Waals surface area contributed by atoms with E-state index in [1.165, 1.54) is 67.9 Å². The minimum absolute atomic E-state index is 0.0301. The molecule has 3 aliphatic carbocycles. The van der Waals surface area contributed by atoms with Gasteiger partial charge in [-0.15, -0.1) is 0 Å². The van der Waals surface area contributed by atoms with Crippen LogP contribution in [0.5, 0.6) is 11.5 Å². The largest absolute Gasteiger partial charge is 0.497 e. The Balaban J connectivity index is 1.78. The van der Waals surface area contributed by atoms with Crippen LogP contribution in [-0.2, 0) is 47.6 Å². The summed E-state index contributed by atoms with van der Waals surface area (Å²) in [5, 5.41) is 40.3. The minimum atomic E-state index is -2.48. The van der Waals surface area contributed by atoms with Gasteiger partial charge < -0.3 is 58.5 Å². The zero-order chi connectivity index (χ0) is 50.2. The number of rotatable bonds is 15. The molecule has 0 spiro atoms. The number of benzene rings is 1. The molecule has 372 valence electrons. The molecule has 1 aliphatic heterocycles. The number of ether oxygens (including phenoxy) is 8. The molecule has 1 unspecified atom stereocenters. The van der Waals surface area contributed by atoms with E-state index in [9.17, 15) is 39.3 Å². The van der Waals surface area contributed by atoms with E-state index < -0.39 is 118 Å². The fourth-order valence-electron chi connectivity index (χ4n) is 10.0. The summed E-state index contributed by atoms with van der Waals surface area (Å²) in [6.07, 6.45) is -8.79. The lowest BCUT2D eigenvalue weighted by atomic mass is 9.44. The fraction of sp³-hybridized carbons (Fsp3) is 0.660. The first-order chi connectivity index (χ1) is 31.1. The highest BCUT2D eigenvalue weighted by atomic mass is 33.1. The van der Waals surface area contributed by atoms with Crippen LogP contribution in [0, 0.1) is 16.7 Å². The number of carbonyl (C=O) groups is 6. The Bertz CT molecular complexity index is 2160. The van der Waals surface area contributed by atoms with Crippen molar-refractivity contribution in [1.82, 2.24) is 5.32 Å². The van der Waals surface area contributed by atoms with Gasteiger partial charge in [0.15, 0.2) is 23.6 Å². The predicted octanol–water partition coefficient (Wildman–Crippen LogP) is 4.82. The number of allylic oxidation sites excluding steroid dienone is 1. The average Bonchev–Trinajstić information content (AvgIpc) is 3.22. The first-order valence-electron chi connectivity index (χ1n) is 21.9. The summed E-state index contributed by atoms with van der Waals surface area (Å²) in [5.41, 5.74) is -8.57. The number of aliphatic hydroxyl groups excluding tert-OH is 2. The van der Waals surface area contributed by atoms with Gasteiger partial charge in [-0.1, -0.05) is 47.1 Å². The van der Waals surface area contributed by atoms with Crippen molar-refractivity contribution >= 4 is 57.3 Å². The molecule has 3 fully saturated rings. The first kappa shape index (κ1) is 53.6. The van der Waals surface area contributed by atoms with E-state index in [2.05, 4.69) is 5.32 Å². The number of fused-ring (bicyclic) bond motifs is 5. The van der Waals surface area contributed by atoms with Crippen molar-refractivity contribution in [3.8, 4) is 11.5 Å². The topological polar surface area (TPSA) is 249 Å². The summed E-state index contributed by atoms with van der Waals surface area (Å²) in [7, 11) is 5.50. The van der Waals surface area contributed by atoms with Crippen LogP contribution in [0.3, 0.4) is 0 Å². The lowest BCUT2D eigenvalue weighted by molar-refractivity contribution is -0.346. The minimum Gasteiger partial charge on any atom is -0.497 e. The third kappa shape index (κ3) is 10.3. The fourth-order valence-corrected chi connectivity index (χ4v) is 11.2. The van der Waals surface area contributed by atoms with Gasteiger partial charge in [0.2, 0.25) is 0 Å². The summed E-state index contributed by atoms with van der Waals surface area (Å²) >= 11 is 0. The summed E-state index contributed by atoms with van der Waals surface area (Å²) < 4.78 is 47.1. The van der Waals surface area contributed by atoms with E-state index in [1.54, 1.807) is 54.5 Å². The maximum atomic E-state index is 15.9. The molecule has 1 amide bonds. The highest BCUT2D eigenvalue weighted by molar-refractivity contribution is 8.76. The highest BCUT2D eigenvalue weighted by Crippen LogP contribution is 2.64. The summed E-state index contributed by atoms with van der Waals surface area (Å²) in [6.45, 7) is 15.1. The zero-order valence-electron chi connectivity index (χ0n) is 40.3. The van der Waals surface area contributed by atoms with Crippen molar-refractivity contribution in [2.45, 2.75) is 148 Å². The van der Waals surface area contributed by atoms with Gasteiger partial charge in [-0.3, -0.25) is 14.4 Å². The molecule has 4 N–H and O–H groups in total. The Hall–Kier alpha value is -4.34. The molecule has 4 aliphatic rings. The average molecular weight is 980 g/mol. The molecule has 20 heteroatoms. The number of ketones is 1. The molecular weight excluding hydrogens is 915 g/mol. The van der Waals surface area contributed by atoms with Crippen LogP contribution >= 0.6 is 21.6 Å². The van der Waals surface area contributed by atoms with Crippen LogP contribution in [-0.4, -0.2) is 143 Å². The van der Waals surface area contributed by atoms with Gasteiger partial charge in [0.1, 0.15) is 46.6 Å². The molecule has 1 aromatic carbocycles. The number of nitrogens with one attached hydrogen (secondary N) is 1.